The summed E-state index contributed by atoms with van der Waals surface area (Å²) in [6.45, 7) is 16.3. The number of ketones is 1. The van der Waals surface area contributed by atoms with Gasteiger partial charge in [-0.1, -0.05) is 48.5 Å². The molecule has 4 fully saturated rings. The van der Waals surface area contributed by atoms with E-state index in [4.69, 9.17) is 0 Å². The van der Waals surface area contributed by atoms with Crippen LogP contribution in [0.3, 0.4) is 0 Å². The van der Waals surface area contributed by atoms with E-state index >= 15 is 0 Å². The first-order chi connectivity index (χ1) is 16.1. The lowest BCUT2D eigenvalue weighted by atomic mass is 9.31. The molecule has 0 saturated heterocycles. The van der Waals surface area contributed by atoms with Crippen LogP contribution < -0.4 is 0 Å². The highest BCUT2D eigenvalue weighted by atomic mass is 16.3. The van der Waals surface area contributed by atoms with Crippen LogP contribution in [0.4, 0.5) is 0 Å². The van der Waals surface area contributed by atoms with Crippen molar-refractivity contribution in [2.75, 3.05) is 6.61 Å². The van der Waals surface area contributed by atoms with Crippen molar-refractivity contribution in [3.63, 3.8) is 0 Å². The first-order valence-corrected chi connectivity index (χ1v) is 14.1. The van der Waals surface area contributed by atoms with Gasteiger partial charge in [-0.25, -0.2) is 0 Å². The van der Waals surface area contributed by atoms with Crippen LogP contribution >= 0.6 is 0 Å². The highest BCUT2D eigenvalue weighted by Gasteiger charge is 2.72. The van der Waals surface area contributed by atoms with Gasteiger partial charge in [0.2, 0.25) is 0 Å². The Bertz CT molecular complexity index is 1020. The SMILES string of the molecule is CC1(C)CC[C@]2(CO)CC[C@]3(C)[C@H](C(=O)C[C@@H]4[C@@]5(C)CC(C#N)=C(O)C(C)(C)C5CC[C@]43C)[C@@H]2C1. The second kappa shape index (κ2) is 7.37. The zero-order valence-electron chi connectivity index (χ0n) is 23.1. The molecular weight excluding hydrogens is 434 g/mol. The van der Waals surface area contributed by atoms with E-state index in [1.165, 1.54) is 0 Å². The smallest absolute Gasteiger partial charge is 0.137 e. The van der Waals surface area contributed by atoms with Crippen LogP contribution in [0.15, 0.2) is 11.3 Å². The van der Waals surface area contributed by atoms with Gasteiger partial charge in [0, 0.05) is 24.4 Å². The van der Waals surface area contributed by atoms with Crippen LogP contribution in [-0.2, 0) is 4.79 Å². The summed E-state index contributed by atoms with van der Waals surface area (Å²) in [5.74, 6) is 1.41. The Balaban J connectivity index is 1.61. The van der Waals surface area contributed by atoms with Gasteiger partial charge in [-0.15, -0.1) is 0 Å². The lowest BCUT2D eigenvalue weighted by Crippen LogP contribution is -2.68. The average Bonchev–Trinajstić information content (AvgIpc) is 2.77. The first kappa shape index (κ1) is 25.3. The number of hydrogen-bond acceptors (Lipinski definition) is 4. The molecule has 194 valence electrons. The number of allylic oxidation sites excluding steroid dienone is 2. The Morgan fingerprint density at radius 2 is 1.60 bits per heavy atom. The summed E-state index contributed by atoms with van der Waals surface area (Å²) in [5.41, 5.74) is -0.104. The van der Waals surface area contributed by atoms with Crippen LogP contribution in [-0.4, -0.2) is 22.6 Å². The fourth-order valence-electron chi connectivity index (χ4n) is 11.0. The van der Waals surface area contributed by atoms with Crippen LogP contribution in [0.1, 0.15) is 106 Å². The van der Waals surface area contributed by atoms with Gasteiger partial charge in [-0.3, -0.25) is 4.79 Å². The summed E-state index contributed by atoms with van der Waals surface area (Å²) in [7, 11) is 0. The molecule has 5 aliphatic carbocycles. The molecule has 0 aliphatic heterocycles. The van der Waals surface area contributed by atoms with Crippen molar-refractivity contribution in [3.8, 4) is 6.07 Å². The zero-order valence-corrected chi connectivity index (χ0v) is 23.1. The molecule has 0 radical (unpaired) electrons. The van der Waals surface area contributed by atoms with E-state index in [0.717, 1.165) is 44.9 Å². The number of rotatable bonds is 1. The van der Waals surface area contributed by atoms with E-state index in [2.05, 4.69) is 54.5 Å². The molecule has 4 heteroatoms. The first-order valence-electron chi connectivity index (χ1n) is 14.1. The van der Waals surface area contributed by atoms with Crippen molar-refractivity contribution in [2.24, 2.45) is 56.2 Å². The number of aliphatic hydroxyl groups excluding tert-OH is 2. The van der Waals surface area contributed by atoms with Crippen molar-refractivity contribution in [1.82, 2.24) is 0 Å². The van der Waals surface area contributed by atoms with Crippen molar-refractivity contribution < 1.29 is 15.0 Å². The van der Waals surface area contributed by atoms with Gasteiger partial charge in [0.05, 0.1) is 11.6 Å². The normalized spacial score (nSPS) is 50.3. The highest BCUT2D eigenvalue weighted by molar-refractivity contribution is 5.84. The monoisotopic (exact) mass is 481 g/mol. The van der Waals surface area contributed by atoms with Crippen LogP contribution in [0.2, 0.25) is 0 Å². The minimum atomic E-state index is -0.452. The molecule has 0 aromatic carbocycles. The van der Waals surface area contributed by atoms with Crippen LogP contribution in [0.25, 0.3) is 0 Å². The molecule has 4 saturated carbocycles. The number of aliphatic hydroxyl groups is 2. The van der Waals surface area contributed by atoms with Crippen molar-refractivity contribution in [2.45, 2.75) is 106 Å². The summed E-state index contributed by atoms with van der Waals surface area (Å²) in [6.07, 6.45) is 8.46. The maximum atomic E-state index is 14.3. The molecule has 2 N–H and O–H groups in total. The van der Waals surface area contributed by atoms with Crippen molar-refractivity contribution in [1.29, 1.82) is 5.26 Å². The van der Waals surface area contributed by atoms with E-state index in [0.29, 0.717) is 24.2 Å². The molecular formula is C31H47NO3. The predicted octanol–water partition coefficient (Wildman–Crippen LogP) is 6.98. The quantitative estimate of drug-likeness (QED) is 0.423. The molecule has 35 heavy (non-hydrogen) atoms. The third-order valence-electron chi connectivity index (χ3n) is 13.2. The summed E-state index contributed by atoms with van der Waals surface area (Å²) in [6, 6.07) is 2.33. The Labute approximate surface area is 212 Å². The molecule has 5 aliphatic rings. The summed E-state index contributed by atoms with van der Waals surface area (Å²) >= 11 is 0. The van der Waals surface area contributed by atoms with E-state index in [1.807, 2.05) is 0 Å². The fourth-order valence-corrected chi connectivity index (χ4v) is 11.0. The molecule has 0 amide bonds. The Kier molecular flexibility index (Phi) is 5.33. The summed E-state index contributed by atoms with van der Waals surface area (Å²) in [4.78, 5) is 14.3. The minimum absolute atomic E-state index is 0.00361. The van der Waals surface area contributed by atoms with E-state index in [9.17, 15) is 20.3 Å². The van der Waals surface area contributed by atoms with Crippen LogP contribution in [0, 0.1) is 67.5 Å². The highest BCUT2D eigenvalue weighted by Crippen LogP contribution is 2.76. The summed E-state index contributed by atoms with van der Waals surface area (Å²) in [5, 5.41) is 31.6. The van der Waals surface area contributed by atoms with Gasteiger partial charge >= 0.3 is 0 Å². The number of nitriles is 1. The van der Waals surface area contributed by atoms with Crippen LogP contribution in [0.5, 0.6) is 0 Å². The molecule has 0 aromatic heterocycles. The molecule has 0 bridgehead atoms. The minimum Gasteiger partial charge on any atom is -0.511 e. The average molecular weight is 482 g/mol. The maximum absolute atomic E-state index is 14.3. The Hall–Kier alpha value is -1.34. The molecule has 5 rings (SSSR count). The predicted molar refractivity (Wildman–Crippen MR) is 137 cm³/mol. The van der Waals surface area contributed by atoms with Crippen molar-refractivity contribution >= 4 is 5.78 Å². The standard InChI is InChI=1S/C31H47NO3/c1-26(2)10-12-31(18-33)13-11-30(7)24(20(31)16-26)21(34)14-23-28(5)15-19(17-32)25(35)27(3,4)22(28)8-9-29(23,30)6/h20,22-24,33,35H,8-16,18H2,1-7H3/t20-,22?,23+,24-,28-,29+,30+,31+/m0/s1. The maximum Gasteiger partial charge on any atom is 0.137 e. The van der Waals surface area contributed by atoms with E-state index in [1.54, 1.807) is 0 Å². The van der Waals surface area contributed by atoms with Gasteiger partial charge in [-0.05, 0) is 96.2 Å². The van der Waals surface area contributed by atoms with Gasteiger partial charge < -0.3 is 10.2 Å². The van der Waals surface area contributed by atoms with E-state index < -0.39 is 5.41 Å². The molecule has 0 spiro atoms. The summed E-state index contributed by atoms with van der Waals surface area (Å²) < 4.78 is 0. The van der Waals surface area contributed by atoms with Crippen molar-refractivity contribution in [3.05, 3.63) is 11.3 Å². The zero-order chi connectivity index (χ0) is 25.8. The topological polar surface area (TPSA) is 81.3 Å². The number of Topliss-reactive ketones (excluding diaryl/α,β-unsaturated/α-hetero) is 1. The van der Waals surface area contributed by atoms with Gasteiger partial charge in [-0.2, -0.15) is 5.26 Å². The number of carbonyl (C=O) groups is 1. The third-order valence-corrected chi connectivity index (χ3v) is 13.2. The molecule has 8 atom stereocenters. The number of nitrogens with zero attached hydrogens (tertiary/aromatic N) is 1. The Morgan fingerprint density at radius 3 is 2.23 bits per heavy atom. The van der Waals surface area contributed by atoms with Gasteiger partial charge in [0.25, 0.3) is 0 Å². The third kappa shape index (κ3) is 3.03. The number of hydrogen-bond donors (Lipinski definition) is 2. The molecule has 0 aromatic rings. The molecule has 0 heterocycles. The van der Waals surface area contributed by atoms with E-state index in [-0.39, 0.29) is 63.1 Å². The number of carbonyl (C=O) groups excluding carboxylic acids is 1. The second-order valence-electron chi connectivity index (χ2n) is 15.5. The van der Waals surface area contributed by atoms with Gasteiger partial charge in [0.1, 0.15) is 11.5 Å². The lowest BCUT2D eigenvalue weighted by Gasteiger charge is -2.72. The largest absolute Gasteiger partial charge is 0.511 e. The second-order valence-corrected chi connectivity index (χ2v) is 15.5. The van der Waals surface area contributed by atoms with Gasteiger partial charge in [0.15, 0.2) is 0 Å². The number of fused-ring (bicyclic) bond motifs is 7. The fraction of sp³-hybridized carbons (Fsp3) is 0.871. The Morgan fingerprint density at radius 1 is 0.943 bits per heavy atom. The molecule has 4 nitrogen and oxygen atoms in total. The molecule has 1 unspecified atom stereocenters. The lowest BCUT2D eigenvalue weighted by molar-refractivity contribution is -0.234.